The molecular formula is C20H21FN2O5. The van der Waals surface area contributed by atoms with Gasteiger partial charge in [0, 0.05) is 12.1 Å². The van der Waals surface area contributed by atoms with Gasteiger partial charge in [-0.1, -0.05) is 30.4 Å². The number of imide groups is 1. The van der Waals surface area contributed by atoms with Gasteiger partial charge in [0.1, 0.15) is 11.9 Å². The molecule has 1 aliphatic carbocycles. The van der Waals surface area contributed by atoms with Crippen molar-refractivity contribution in [3.05, 3.63) is 47.8 Å². The predicted molar refractivity (Wildman–Crippen MR) is 95.9 cm³/mol. The summed E-state index contributed by atoms with van der Waals surface area (Å²) >= 11 is 0. The van der Waals surface area contributed by atoms with Gasteiger partial charge in [0.15, 0.2) is 6.61 Å². The zero-order valence-corrected chi connectivity index (χ0v) is 15.4. The Balaban J connectivity index is 1.50. The molecule has 0 radical (unpaired) electrons. The minimum Gasteiger partial charge on any atom is -0.454 e. The maximum Gasteiger partial charge on any atom is 0.329 e. The first-order valence-electron chi connectivity index (χ1n) is 9.08. The average molecular weight is 388 g/mol. The molecule has 8 heteroatoms. The second-order valence-corrected chi connectivity index (χ2v) is 6.85. The van der Waals surface area contributed by atoms with Gasteiger partial charge in [-0.3, -0.25) is 19.3 Å². The minimum absolute atomic E-state index is 0.0436. The van der Waals surface area contributed by atoms with Gasteiger partial charge in [0.05, 0.1) is 11.8 Å². The lowest BCUT2D eigenvalue weighted by atomic mass is 9.85. The third-order valence-electron chi connectivity index (χ3n) is 5.05. The van der Waals surface area contributed by atoms with Crippen LogP contribution < -0.4 is 5.32 Å². The van der Waals surface area contributed by atoms with Crippen molar-refractivity contribution in [2.75, 3.05) is 6.61 Å². The summed E-state index contributed by atoms with van der Waals surface area (Å²) in [5.41, 5.74) is 0.306. The Morgan fingerprint density at radius 1 is 1.18 bits per heavy atom. The molecule has 1 aromatic carbocycles. The summed E-state index contributed by atoms with van der Waals surface area (Å²) in [5.74, 6) is -3.53. The van der Waals surface area contributed by atoms with Crippen molar-refractivity contribution in [2.24, 2.45) is 11.8 Å². The first-order chi connectivity index (χ1) is 13.4. The van der Waals surface area contributed by atoms with E-state index in [1.807, 2.05) is 12.2 Å². The number of ether oxygens (including phenoxy) is 1. The molecule has 3 atom stereocenters. The molecule has 28 heavy (non-hydrogen) atoms. The minimum atomic E-state index is -1.11. The number of hydrogen-bond acceptors (Lipinski definition) is 5. The van der Waals surface area contributed by atoms with E-state index >= 15 is 0 Å². The van der Waals surface area contributed by atoms with Crippen LogP contribution in [0.5, 0.6) is 0 Å². The van der Waals surface area contributed by atoms with Crippen molar-refractivity contribution >= 4 is 23.7 Å². The van der Waals surface area contributed by atoms with Gasteiger partial charge < -0.3 is 10.1 Å². The Bertz CT molecular complexity index is 812. The third-order valence-corrected chi connectivity index (χ3v) is 5.05. The van der Waals surface area contributed by atoms with E-state index in [1.165, 1.54) is 25.1 Å². The molecule has 148 valence electrons. The summed E-state index contributed by atoms with van der Waals surface area (Å²) in [7, 11) is 0. The van der Waals surface area contributed by atoms with Crippen LogP contribution in [0.25, 0.3) is 0 Å². The van der Waals surface area contributed by atoms with Gasteiger partial charge >= 0.3 is 5.97 Å². The number of carbonyl (C=O) groups excluding carboxylic acids is 4. The van der Waals surface area contributed by atoms with Crippen LogP contribution in [0.15, 0.2) is 36.4 Å². The van der Waals surface area contributed by atoms with E-state index in [0.717, 1.165) is 4.90 Å². The number of amides is 3. The van der Waals surface area contributed by atoms with E-state index < -0.39 is 42.2 Å². The molecule has 0 unspecified atom stereocenters. The summed E-state index contributed by atoms with van der Waals surface area (Å²) in [6, 6.07) is 4.88. The van der Waals surface area contributed by atoms with Crippen molar-refractivity contribution in [1.29, 1.82) is 0 Å². The lowest BCUT2D eigenvalue weighted by Gasteiger charge is -2.21. The van der Waals surface area contributed by atoms with E-state index in [2.05, 4.69) is 5.32 Å². The standard InChI is InChI=1S/C20H21FN2O5/c1-12(23-18(25)14-7-3-4-8-15(14)19(23)26)20(27)28-11-17(24)22-10-13-6-2-5-9-16(13)21/h2-6,9,12,14-15H,7-8,10-11H2,1H3,(H,22,24)/t12-,14+,15+/m0/s1. The largest absolute Gasteiger partial charge is 0.454 e. The fourth-order valence-corrected chi connectivity index (χ4v) is 3.46. The molecule has 0 aromatic heterocycles. The molecule has 1 aliphatic heterocycles. The van der Waals surface area contributed by atoms with Gasteiger partial charge in [-0.2, -0.15) is 0 Å². The van der Waals surface area contributed by atoms with E-state index in [9.17, 15) is 23.6 Å². The molecule has 0 saturated carbocycles. The maximum absolute atomic E-state index is 13.5. The van der Waals surface area contributed by atoms with Crippen LogP contribution in [-0.4, -0.2) is 41.2 Å². The van der Waals surface area contributed by atoms with Crippen LogP contribution in [-0.2, 0) is 30.5 Å². The number of fused-ring (bicyclic) bond motifs is 1. The quantitative estimate of drug-likeness (QED) is 0.451. The number of benzene rings is 1. The first kappa shape index (κ1) is 19.7. The third kappa shape index (κ3) is 3.95. The second-order valence-electron chi connectivity index (χ2n) is 6.85. The van der Waals surface area contributed by atoms with Gasteiger partial charge in [-0.15, -0.1) is 0 Å². The molecule has 3 rings (SSSR count). The number of nitrogens with one attached hydrogen (secondary N) is 1. The topological polar surface area (TPSA) is 92.8 Å². The number of carbonyl (C=O) groups is 4. The molecule has 0 spiro atoms. The van der Waals surface area contributed by atoms with Gasteiger partial charge in [0.2, 0.25) is 11.8 Å². The van der Waals surface area contributed by atoms with E-state index in [4.69, 9.17) is 4.74 Å². The number of esters is 1. The van der Waals surface area contributed by atoms with Gasteiger partial charge in [-0.05, 0) is 25.8 Å². The number of hydrogen-bond donors (Lipinski definition) is 1. The van der Waals surface area contributed by atoms with Crippen LogP contribution in [0.1, 0.15) is 25.3 Å². The van der Waals surface area contributed by atoms with Crippen LogP contribution in [0.4, 0.5) is 4.39 Å². The fraction of sp³-hybridized carbons (Fsp3) is 0.400. The highest BCUT2D eigenvalue weighted by atomic mass is 19.1. The predicted octanol–water partition coefficient (Wildman–Crippen LogP) is 1.32. The maximum atomic E-state index is 13.5. The molecule has 3 amide bonds. The van der Waals surface area contributed by atoms with Crippen molar-refractivity contribution in [3.63, 3.8) is 0 Å². The molecule has 1 N–H and O–H groups in total. The zero-order chi connectivity index (χ0) is 20.3. The van der Waals surface area contributed by atoms with Crippen LogP contribution in [0.3, 0.4) is 0 Å². The van der Waals surface area contributed by atoms with Crippen molar-refractivity contribution in [1.82, 2.24) is 10.2 Å². The summed E-state index contributed by atoms with van der Waals surface area (Å²) in [6.07, 6.45) is 4.68. The van der Waals surface area contributed by atoms with Crippen LogP contribution >= 0.6 is 0 Å². The van der Waals surface area contributed by atoms with E-state index in [-0.39, 0.29) is 18.4 Å². The summed E-state index contributed by atoms with van der Waals surface area (Å²) in [5, 5.41) is 2.45. The molecule has 2 aliphatic rings. The van der Waals surface area contributed by atoms with E-state index in [1.54, 1.807) is 6.07 Å². The molecule has 1 fully saturated rings. The number of nitrogens with zero attached hydrogens (tertiary/aromatic N) is 1. The average Bonchev–Trinajstić information content (AvgIpc) is 2.95. The molecule has 1 saturated heterocycles. The smallest absolute Gasteiger partial charge is 0.329 e. The zero-order valence-electron chi connectivity index (χ0n) is 15.4. The molecular weight excluding hydrogens is 367 g/mol. The second kappa shape index (κ2) is 8.33. The Morgan fingerprint density at radius 2 is 1.79 bits per heavy atom. The number of rotatable bonds is 6. The number of allylic oxidation sites excluding steroid dienone is 2. The van der Waals surface area contributed by atoms with Crippen LogP contribution in [0, 0.1) is 17.7 Å². The summed E-state index contributed by atoms with van der Waals surface area (Å²) < 4.78 is 18.5. The SMILES string of the molecule is C[C@@H](C(=O)OCC(=O)NCc1ccccc1F)N1C(=O)[C@@H]2CC=CC[C@H]2C1=O. The highest BCUT2D eigenvalue weighted by Gasteiger charge is 2.50. The Kier molecular flexibility index (Phi) is 5.87. The Hall–Kier alpha value is -3.03. The lowest BCUT2D eigenvalue weighted by Crippen LogP contribution is -2.45. The van der Waals surface area contributed by atoms with Gasteiger partial charge in [-0.25, -0.2) is 9.18 Å². The Labute approximate surface area is 161 Å². The van der Waals surface area contributed by atoms with Crippen LogP contribution in [0.2, 0.25) is 0 Å². The highest BCUT2D eigenvalue weighted by Crippen LogP contribution is 2.36. The summed E-state index contributed by atoms with van der Waals surface area (Å²) in [6.45, 7) is 0.778. The highest BCUT2D eigenvalue weighted by molar-refractivity contribution is 6.08. The number of likely N-dealkylation sites (tertiary alicyclic amines) is 1. The Morgan fingerprint density at radius 3 is 2.39 bits per heavy atom. The lowest BCUT2D eigenvalue weighted by molar-refractivity contribution is -0.159. The summed E-state index contributed by atoms with van der Waals surface area (Å²) in [4.78, 5) is 50.0. The molecule has 7 nitrogen and oxygen atoms in total. The van der Waals surface area contributed by atoms with Crippen molar-refractivity contribution in [3.8, 4) is 0 Å². The molecule has 1 aromatic rings. The first-order valence-corrected chi connectivity index (χ1v) is 9.08. The van der Waals surface area contributed by atoms with E-state index in [0.29, 0.717) is 18.4 Å². The molecule has 1 heterocycles. The van der Waals surface area contributed by atoms with Crippen molar-refractivity contribution in [2.45, 2.75) is 32.4 Å². The fourth-order valence-electron chi connectivity index (χ4n) is 3.46. The number of halogens is 1. The molecule has 0 bridgehead atoms. The van der Waals surface area contributed by atoms with Crippen molar-refractivity contribution < 1.29 is 28.3 Å². The monoisotopic (exact) mass is 388 g/mol. The normalized spacial score (nSPS) is 22.0. The van der Waals surface area contributed by atoms with Gasteiger partial charge in [0.25, 0.3) is 5.91 Å².